The Bertz CT molecular complexity index is 829. The Balaban J connectivity index is 1.56. The minimum Gasteiger partial charge on any atom is -0.375 e. The van der Waals surface area contributed by atoms with Crippen LogP contribution in [0.1, 0.15) is 10.6 Å². The third-order valence-corrected chi connectivity index (χ3v) is 4.77. The highest BCUT2D eigenvalue weighted by atomic mass is 32.1. The lowest BCUT2D eigenvalue weighted by molar-refractivity contribution is 0.628. The Morgan fingerprint density at radius 2 is 1.91 bits per heavy atom. The molecule has 0 saturated carbocycles. The molecule has 3 heterocycles. The smallest absolute Gasteiger partial charge is 0.180 e. The van der Waals surface area contributed by atoms with E-state index < -0.39 is 0 Å². The van der Waals surface area contributed by atoms with E-state index >= 15 is 0 Å². The van der Waals surface area contributed by atoms with Gasteiger partial charge < -0.3 is 10.6 Å². The van der Waals surface area contributed by atoms with Crippen LogP contribution in [-0.4, -0.2) is 21.7 Å². The van der Waals surface area contributed by atoms with Gasteiger partial charge in [0.1, 0.15) is 5.82 Å². The van der Waals surface area contributed by atoms with Gasteiger partial charge in [0.2, 0.25) is 0 Å². The van der Waals surface area contributed by atoms with Crippen LogP contribution in [0.4, 0.5) is 15.3 Å². The van der Waals surface area contributed by atoms with Gasteiger partial charge in [-0.3, -0.25) is 0 Å². The van der Waals surface area contributed by atoms with Gasteiger partial charge in [-0.25, -0.2) is 9.37 Å². The van der Waals surface area contributed by atoms with Crippen molar-refractivity contribution in [3.63, 3.8) is 0 Å². The summed E-state index contributed by atoms with van der Waals surface area (Å²) in [5.74, 6) is 0.569. The predicted molar refractivity (Wildman–Crippen MR) is 88.7 cm³/mol. The lowest BCUT2D eigenvalue weighted by Gasteiger charge is -2.26. The van der Waals surface area contributed by atoms with Crippen LogP contribution in [0.15, 0.2) is 36.4 Å². The van der Waals surface area contributed by atoms with Crippen LogP contribution in [-0.2, 0) is 13.0 Å². The number of thiazole rings is 1. The minimum atomic E-state index is -0.258. The molecule has 0 amide bonds. The van der Waals surface area contributed by atoms with Crippen LogP contribution in [0, 0.1) is 5.82 Å². The lowest BCUT2D eigenvalue weighted by atomic mass is 10.1. The largest absolute Gasteiger partial charge is 0.375 e. The van der Waals surface area contributed by atoms with E-state index in [2.05, 4.69) is 20.1 Å². The van der Waals surface area contributed by atoms with Crippen molar-refractivity contribution in [2.45, 2.75) is 13.0 Å². The fourth-order valence-electron chi connectivity index (χ4n) is 2.68. The molecule has 0 radical (unpaired) electrons. The summed E-state index contributed by atoms with van der Waals surface area (Å²) in [6.45, 7) is 1.61. The highest BCUT2D eigenvalue weighted by molar-refractivity contribution is 7.15. The molecule has 7 heteroatoms. The molecule has 4 rings (SSSR count). The van der Waals surface area contributed by atoms with Crippen molar-refractivity contribution in [2.24, 2.45) is 0 Å². The van der Waals surface area contributed by atoms with Crippen molar-refractivity contribution in [1.82, 2.24) is 15.2 Å². The number of hydrogen-bond donors (Lipinski definition) is 1. The molecule has 3 aromatic rings. The topological polar surface area (TPSA) is 67.9 Å². The van der Waals surface area contributed by atoms with Crippen molar-refractivity contribution >= 4 is 22.3 Å². The zero-order valence-electron chi connectivity index (χ0n) is 12.2. The molecule has 0 unspecified atom stereocenters. The summed E-state index contributed by atoms with van der Waals surface area (Å²) < 4.78 is 13.0. The fourth-order valence-corrected chi connectivity index (χ4v) is 3.57. The van der Waals surface area contributed by atoms with Gasteiger partial charge in [-0.05, 0) is 36.4 Å². The second-order valence-corrected chi connectivity index (χ2v) is 6.49. The maximum atomic E-state index is 13.0. The highest BCUT2D eigenvalue weighted by Gasteiger charge is 2.21. The molecule has 23 heavy (non-hydrogen) atoms. The van der Waals surface area contributed by atoms with Gasteiger partial charge in [-0.2, -0.15) is 0 Å². The Morgan fingerprint density at radius 1 is 1.09 bits per heavy atom. The molecule has 0 atom stereocenters. The molecule has 1 aliphatic rings. The first-order valence-corrected chi connectivity index (χ1v) is 8.09. The summed E-state index contributed by atoms with van der Waals surface area (Å²) >= 11 is 1.53. The molecule has 1 aliphatic heterocycles. The Hall–Kier alpha value is -2.54. The molecule has 1 aromatic carbocycles. The second kappa shape index (κ2) is 5.58. The zero-order valence-corrected chi connectivity index (χ0v) is 13.1. The number of nitrogen functional groups attached to an aromatic ring is 1. The molecule has 116 valence electrons. The van der Waals surface area contributed by atoms with E-state index in [1.807, 2.05) is 12.1 Å². The van der Waals surface area contributed by atoms with Gasteiger partial charge in [0, 0.05) is 23.4 Å². The maximum Gasteiger partial charge on any atom is 0.180 e. The summed E-state index contributed by atoms with van der Waals surface area (Å²) in [6.07, 6.45) is 0.866. The second-order valence-electron chi connectivity index (χ2n) is 5.38. The number of halogens is 1. The zero-order chi connectivity index (χ0) is 15.8. The van der Waals surface area contributed by atoms with Gasteiger partial charge in [0.25, 0.3) is 0 Å². The van der Waals surface area contributed by atoms with Crippen LogP contribution in [0.3, 0.4) is 0 Å². The van der Waals surface area contributed by atoms with E-state index in [1.54, 1.807) is 12.1 Å². The van der Waals surface area contributed by atoms with Crippen LogP contribution < -0.4 is 10.6 Å². The number of rotatable bonds is 2. The van der Waals surface area contributed by atoms with E-state index in [0.717, 1.165) is 42.3 Å². The fraction of sp³-hybridized carbons (Fsp3) is 0.188. The average Bonchev–Trinajstić information content (AvgIpc) is 2.95. The van der Waals surface area contributed by atoms with Gasteiger partial charge in [-0.15, -0.1) is 21.5 Å². The van der Waals surface area contributed by atoms with Gasteiger partial charge in [0.05, 0.1) is 17.9 Å². The lowest BCUT2D eigenvalue weighted by Crippen LogP contribution is -2.30. The summed E-state index contributed by atoms with van der Waals surface area (Å²) in [4.78, 5) is 7.70. The standard InChI is InChI=1S/C16H14FN5S/c17-11-3-1-10(2-4-11)12-5-6-15(21-20-12)22-8-7-13-14(9-22)23-16(18)19-13/h1-6H,7-9H2,(H2,18,19). The first kappa shape index (κ1) is 14.1. The molecule has 0 fully saturated rings. The third kappa shape index (κ3) is 2.75. The van der Waals surface area contributed by atoms with Crippen molar-refractivity contribution in [3.05, 3.63) is 52.8 Å². The normalized spacial score (nSPS) is 13.9. The van der Waals surface area contributed by atoms with Crippen molar-refractivity contribution in [3.8, 4) is 11.3 Å². The van der Waals surface area contributed by atoms with Crippen LogP contribution in [0.5, 0.6) is 0 Å². The minimum absolute atomic E-state index is 0.258. The van der Waals surface area contributed by atoms with E-state index in [9.17, 15) is 4.39 Å². The number of aromatic nitrogens is 3. The summed E-state index contributed by atoms with van der Waals surface area (Å²) in [6, 6.07) is 10.1. The number of hydrogen-bond acceptors (Lipinski definition) is 6. The first-order valence-electron chi connectivity index (χ1n) is 7.28. The van der Waals surface area contributed by atoms with Crippen molar-refractivity contribution in [1.29, 1.82) is 0 Å². The van der Waals surface area contributed by atoms with Gasteiger partial charge in [-0.1, -0.05) is 0 Å². The van der Waals surface area contributed by atoms with Crippen LogP contribution in [0.2, 0.25) is 0 Å². The number of nitrogens with two attached hydrogens (primary N) is 1. The van der Waals surface area contributed by atoms with Crippen LogP contribution in [0.25, 0.3) is 11.3 Å². The Labute approximate surface area is 136 Å². The van der Waals surface area contributed by atoms with Crippen molar-refractivity contribution in [2.75, 3.05) is 17.2 Å². The average molecular weight is 327 g/mol. The monoisotopic (exact) mass is 327 g/mol. The number of benzene rings is 1. The predicted octanol–water partition coefficient (Wildman–Crippen LogP) is 2.88. The highest BCUT2D eigenvalue weighted by Crippen LogP contribution is 2.29. The number of fused-ring (bicyclic) bond motifs is 1. The van der Waals surface area contributed by atoms with E-state index in [0.29, 0.717) is 5.13 Å². The molecule has 0 aliphatic carbocycles. The summed E-state index contributed by atoms with van der Waals surface area (Å²) in [5.41, 5.74) is 8.45. The summed E-state index contributed by atoms with van der Waals surface area (Å²) in [5, 5.41) is 9.20. The Kier molecular flexibility index (Phi) is 3.42. The van der Waals surface area contributed by atoms with Gasteiger partial charge in [0.15, 0.2) is 10.9 Å². The number of anilines is 2. The maximum absolute atomic E-state index is 13.0. The summed E-state index contributed by atoms with van der Waals surface area (Å²) in [7, 11) is 0. The van der Waals surface area contributed by atoms with E-state index in [4.69, 9.17) is 5.73 Å². The Morgan fingerprint density at radius 3 is 2.65 bits per heavy atom. The van der Waals surface area contributed by atoms with Gasteiger partial charge >= 0.3 is 0 Å². The molecular weight excluding hydrogens is 313 g/mol. The molecular formula is C16H14FN5S. The molecule has 0 spiro atoms. The molecule has 2 N–H and O–H groups in total. The molecule has 0 bridgehead atoms. The van der Waals surface area contributed by atoms with Crippen LogP contribution >= 0.6 is 11.3 Å². The van der Waals surface area contributed by atoms with Crippen molar-refractivity contribution < 1.29 is 4.39 Å². The van der Waals surface area contributed by atoms with E-state index in [1.165, 1.54) is 28.3 Å². The molecule has 0 saturated heterocycles. The quantitative estimate of drug-likeness (QED) is 0.784. The molecule has 2 aromatic heterocycles. The van der Waals surface area contributed by atoms with E-state index in [-0.39, 0.29) is 5.82 Å². The first-order chi connectivity index (χ1) is 11.2. The number of nitrogens with zero attached hydrogens (tertiary/aromatic N) is 4. The SMILES string of the molecule is Nc1nc2c(s1)CN(c1ccc(-c3ccc(F)cc3)nn1)CC2. The third-order valence-electron chi connectivity index (χ3n) is 3.86. The molecule has 5 nitrogen and oxygen atoms in total.